The van der Waals surface area contributed by atoms with E-state index in [2.05, 4.69) is 10.6 Å². The van der Waals surface area contributed by atoms with Crippen molar-refractivity contribution in [2.24, 2.45) is 0 Å². The number of amides is 1. The lowest BCUT2D eigenvalue weighted by molar-refractivity contribution is -0.115. The lowest BCUT2D eigenvalue weighted by Gasteiger charge is -2.13. The molecule has 0 aliphatic rings. The number of carbonyl (C=O) groups excluding carboxylic acids is 1. The zero-order valence-corrected chi connectivity index (χ0v) is 17.4. The maximum absolute atomic E-state index is 12.0. The van der Waals surface area contributed by atoms with Crippen LogP contribution >= 0.6 is 23.8 Å². The zero-order valence-electron chi connectivity index (χ0n) is 15.8. The maximum atomic E-state index is 12.0. The van der Waals surface area contributed by atoms with Crippen LogP contribution in [0.2, 0.25) is 5.02 Å². The Hall–Kier alpha value is -2.57. The number of thiocarbonyl (C=S) groups is 1. The third-order valence-electron chi connectivity index (χ3n) is 3.70. The van der Waals surface area contributed by atoms with Crippen LogP contribution in [0, 0.1) is 0 Å². The van der Waals surface area contributed by atoms with Crippen LogP contribution in [0.1, 0.15) is 24.5 Å². The van der Waals surface area contributed by atoms with E-state index in [0.717, 1.165) is 17.5 Å². The minimum atomic E-state index is -0.335. The molecule has 1 amide bonds. The van der Waals surface area contributed by atoms with E-state index < -0.39 is 0 Å². The summed E-state index contributed by atoms with van der Waals surface area (Å²) in [5.41, 5.74) is 1.71. The number of methoxy groups -OCH3 is 1. The Morgan fingerprint density at radius 3 is 2.71 bits per heavy atom. The highest BCUT2D eigenvalue weighted by molar-refractivity contribution is 7.80. The van der Waals surface area contributed by atoms with Crippen LogP contribution in [-0.4, -0.2) is 24.7 Å². The van der Waals surface area contributed by atoms with Gasteiger partial charge >= 0.3 is 0 Å². The summed E-state index contributed by atoms with van der Waals surface area (Å²) in [4.78, 5) is 12.0. The van der Waals surface area contributed by atoms with Gasteiger partial charge in [-0.2, -0.15) is 0 Å². The van der Waals surface area contributed by atoms with E-state index in [1.165, 1.54) is 6.08 Å². The van der Waals surface area contributed by atoms with Crippen molar-refractivity contribution in [3.05, 3.63) is 64.7 Å². The Balaban J connectivity index is 1.86. The van der Waals surface area contributed by atoms with Gasteiger partial charge in [-0.15, -0.1) is 0 Å². The second-order valence-corrected chi connectivity index (χ2v) is 6.68. The van der Waals surface area contributed by atoms with E-state index in [1.807, 2.05) is 43.3 Å². The highest BCUT2D eigenvalue weighted by Crippen LogP contribution is 2.28. The quantitative estimate of drug-likeness (QED) is 0.493. The van der Waals surface area contributed by atoms with E-state index in [0.29, 0.717) is 29.7 Å². The second kappa shape index (κ2) is 11.3. The number of carbonyl (C=O) groups is 1. The van der Waals surface area contributed by atoms with E-state index >= 15 is 0 Å². The van der Waals surface area contributed by atoms with Crippen LogP contribution in [0.4, 0.5) is 0 Å². The van der Waals surface area contributed by atoms with E-state index in [1.54, 1.807) is 19.3 Å². The molecule has 0 heterocycles. The van der Waals surface area contributed by atoms with E-state index in [9.17, 15) is 4.79 Å². The van der Waals surface area contributed by atoms with Crippen LogP contribution in [-0.2, 0) is 11.3 Å². The minimum Gasteiger partial charge on any atom is -0.493 e. The van der Waals surface area contributed by atoms with Gasteiger partial charge in [0, 0.05) is 17.6 Å². The molecule has 0 atom stereocenters. The number of hydrogen-bond acceptors (Lipinski definition) is 4. The summed E-state index contributed by atoms with van der Waals surface area (Å²) in [6, 6.07) is 12.9. The van der Waals surface area contributed by atoms with Crippen molar-refractivity contribution < 1.29 is 14.3 Å². The molecule has 0 saturated heterocycles. The number of ether oxygens (including phenoxy) is 2. The molecule has 0 radical (unpaired) electrons. The fourth-order valence-corrected chi connectivity index (χ4v) is 2.68. The van der Waals surface area contributed by atoms with Crippen molar-refractivity contribution in [3.63, 3.8) is 0 Å². The summed E-state index contributed by atoms with van der Waals surface area (Å²) in [5, 5.41) is 6.41. The molecular weight excluding hydrogens is 396 g/mol. The van der Waals surface area contributed by atoms with Crippen molar-refractivity contribution >= 4 is 40.9 Å². The number of halogens is 1. The summed E-state index contributed by atoms with van der Waals surface area (Å²) in [6.07, 6.45) is 3.95. The first-order valence-corrected chi connectivity index (χ1v) is 9.63. The summed E-state index contributed by atoms with van der Waals surface area (Å²) >= 11 is 11.2. The first-order chi connectivity index (χ1) is 13.5. The monoisotopic (exact) mass is 418 g/mol. The van der Waals surface area contributed by atoms with Gasteiger partial charge in [0.1, 0.15) is 0 Å². The fourth-order valence-electron chi connectivity index (χ4n) is 2.31. The number of benzene rings is 2. The fraction of sp³-hybridized carbons (Fsp3) is 0.238. The van der Waals surface area contributed by atoms with Crippen molar-refractivity contribution in [2.45, 2.75) is 19.9 Å². The molecule has 0 aromatic heterocycles. The molecule has 0 bridgehead atoms. The largest absolute Gasteiger partial charge is 0.493 e. The molecule has 0 fully saturated rings. The van der Waals surface area contributed by atoms with Crippen LogP contribution in [0.25, 0.3) is 6.08 Å². The Labute approximate surface area is 175 Å². The third-order valence-corrected chi connectivity index (χ3v) is 4.29. The van der Waals surface area contributed by atoms with Gasteiger partial charge in [0.25, 0.3) is 0 Å². The Bertz CT molecular complexity index is 855. The highest BCUT2D eigenvalue weighted by atomic mass is 35.5. The van der Waals surface area contributed by atoms with Gasteiger partial charge < -0.3 is 14.8 Å². The zero-order chi connectivity index (χ0) is 20.4. The third kappa shape index (κ3) is 6.87. The Kier molecular flexibility index (Phi) is 8.78. The van der Waals surface area contributed by atoms with Gasteiger partial charge in [-0.25, -0.2) is 0 Å². The molecule has 28 heavy (non-hydrogen) atoms. The smallest absolute Gasteiger partial charge is 0.250 e. The number of hydrogen-bond donors (Lipinski definition) is 2. The summed E-state index contributed by atoms with van der Waals surface area (Å²) in [5.74, 6) is 1.03. The van der Waals surface area contributed by atoms with Gasteiger partial charge in [0.2, 0.25) is 5.91 Å². The van der Waals surface area contributed by atoms with Crippen molar-refractivity contribution in [3.8, 4) is 11.5 Å². The van der Waals surface area contributed by atoms with Gasteiger partial charge in [-0.05, 0) is 54.0 Å². The van der Waals surface area contributed by atoms with Gasteiger partial charge in [0.15, 0.2) is 16.6 Å². The first-order valence-electron chi connectivity index (χ1n) is 8.84. The predicted octanol–water partition coefficient (Wildman–Crippen LogP) is 4.34. The lowest BCUT2D eigenvalue weighted by Crippen LogP contribution is -2.37. The average molecular weight is 419 g/mol. The molecule has 148 valence electrons. The molecule has 7 heteroatoms. The molecule has 0 aliphatic heterocycles. The molecular formula is C21H23ClN2O3S. The summed E-state index contributed by atoms with van der Waals surface area (Å²) in [6.45, 7) is 3.12. The average Bonchev–Trinajstić information content (AvgIpc) is 2.70. The Morgan fingerprint density at radius 1 is 1.21 bits per heavy atom. The molecule has 2 aromatic rings. The van der Waals surface area contributed by atoms with Crippen molar-refractivity contribution in [1.82, 2.24) is 10.6 Å². The van der Waals surface area contributed by atoms with Crippen molar-refractivity contribution in [2.75, 3.05) is 13.7 Å². The van der Waals surface area contributed by atoms with Gasteiger partial charge in [-0.1, -0.05) is 42.8 Å². The van der Waals surface area contributed by atoms with Gasteiger partial charge in [-0.3, -0.25) is 10.1 Å². The summed E-state index contributed by atoms with van der Waals surface area (Å²) in [7, 11) is 1.60. The van der Waals surface area contributed by atoms with Crippen LogP contribution < -0.4 is 20.1 Å². The maximum Gasteiger partial charge on any atom is 0.250 e. The second-order valence-electron chi connectivity index (χ2n) is 5.86. The van der Waals surface area contributed by atoms with Crippen LogP contribution in [0.15, 0.2) is 48.5 Å². The number of nitrogens with one attached hydrogen (secondary N) is 2. The normalized spacial score (nSPS) is 10.5. The molecule has 0 aliphatic carbocycles. The molecule has 0 unspecified atom stereocenters. The standard InChI is InChI=1S/C21H23ClN2O3S/c1-3-12-27-18-10-8-15(13-19(18)26-2)14-23-21(28)24-20(25)11-9-16-6-4-5-7-17(16)22/h4-11,13H,3,12,14H2,1-2H3,(H2,23,24,25,28)/b11-9+. The minimum absolute atomic E-state index is 0.235. The topological polar surface area (TPSA) is 59.6 Å². The predicted molar refractivity (Wildman–Crippen MR) is 117 cm³/mol. The first kappa shape index (κ1) is 21.7. The van der Waals surface area contributed by atoms with Crippen LogP contribution in [0.5, 0.6) is 11.5 Å². The van der Waals surface area contributed by atoms with Crippen molar-refractivity contribution in [1.29, 1.82) is 0 Å². The van der Waals surface area contributed by atoms with E-state index in [4.69, 9.17) is 33.3 Å². The van der Waals surface area contributed by atoms with Crippen LogP contribution in [0.3, 0.4) is 0 Å². The Morgan fingerprint density at radius 2 is 2.00 bits per heavy atom. The molecule has 2 aromatic carbocycles. The van der Waals surface area contributed by atoms with E-state index in [-0.39, 0.29) is 11.0 Å². The number of rotatable bonds is 8. The molecule has 0 saturated carbocycles. The van der Waals surface area contributed by atoms with Gasteiger partial charge in [0.05, 0.1) is 13.7 Å². The molecule has 2 N–H and O–H groups in total. The summed E-state index contributed by atoms with van der Waals surface area (Å²) < 4.78 is 11.0. The lowest BCUT2D eigenvalue weighted by atomic mass is 10.2. The SMILES string of the molecule is CCCOc1ccc(CNC(=S)NC(=O)/C=C/c2ccccc2Cl)cc1OC. The highest BCUT2D eigenvalue weighted by Gasteiger charge is 2.07. The molecule has 2 rings (SSSR count). The molecule has 0 spiro atoms. The molecule has 5 nitrogen and oxygen atoms in total.